The summed E-state index contributed by atoms with van der Waals surface area (Å²) in [6.07, 6.45) is 6.72. The van der Waals surface area contributed by atoms with E-state index in [4.69, 9.17) is 9.57 Å². The molecule has 2 atom stereocenters. The Hall–Kier alpha value is -7.53. The number of nitrogens with zero attached hydrogens (tertiary/aromatic N) is 1. The number of ether oxygens (including phenoxy) is 1. The lowest BCUT2D eigenvalue weighted by molar-refractivity contribution is -0.177. The maximum atomic E-state index is 13.2. The number of anilines is 2. The van der Waals surface area contributed by atoms with Crippen molar-refractivity contribution in [3.05, 3.63) is 106 Å². The Morgan fingerprint density at radius 3 is 1.43 bits per heavy atom. The molecule has 4 aromatic carbocycles. The van der Waals surface area contributed by atoms with E-state index in [2.05, 4.69) is 28.2 Å². The summed E-state index contributed by atoms with van der Waals surface area (Å²) in [5.74, 6) is -2.34. The zero-order valence-corrected chi connectivity index (χ0v) is 44.1. The summed E-state index contributed by atoms with van der Waals surface area (Å²) in [5.41, 5.74) is 9.22. The van der Waals surface area contributed by atoms with Crippen LogP contribution in [0.15, 0.2) is 72.8 Å². The van der Waals surface area contributed by atoms with Crippen LogP contribution in [0, 0.1) is 0 Å². The molecule has 5 N–H and O–H groups in total. The monoisotopic (exact) mass is 1040 g/mol. The molecule has 3 aliphatic rings. The summed E-state index contributed by atoms with van der Waals surface area (Å²) in [6, 6.07) is 22.2. The molecule has 0 aromatic heterocycles. The molecular weight excluding hydrogens is 971 g/mol. The Balaban J connectivity index is 0.000000255. The Labute approximate surface area is 444 Å². The molecule has 1 saturated heterocycles. The van der Waals surface area contributed by atoms with E-state index in [1.165, 1.54) is 0 Å². The van der Waals surface area contributed by atoms with Crippen molar-refractivity contribution >= 4 is 64.5 Å². The van der Waals surface area contributed by atoms with E-state index >= 15 is 0 Å². The number of hydroxylamine groups is 2. The molecular formula is C59H71N5O12. The highest BCUT2D eigenvalue weighted by molar-refractivity contribution is 6.06. The van der Waals surface area contributed by atoms with Crippen LogP contribution in [0.25, 0.3) is 22.3 Å². The lowest BCUT2D eigenvalue weighted by atomic mass is 9.93. The average Bonchev–Trinajstić information content (AvgIpc) is 4.08. The fourth-order valence-corrected chi connectivity index (χ4v) is 9.64. The van der Waals surface area contributed by atoms with Crippen LogP contribution in [-0.2, 0) is 38.3 Å². The predicted molar refractivity (Wildman–Crippen MR) is 287 cm³/mol. The summed E-state index contributed by atoms with van der Waals surface area (Å²) in [4.78, 5) is 116. The van der Waals surface area contributed by atoms with Gasteiger partial charge in [0.1, 0.15) is 6.61 Å². The van der Waals surface area contributed by atoms with Crippen LogP contribution in [0.3, 0.4) is 0 Å². The normalized spacial score (nSPS) is 14.6. The van der Waals surface area contributed by atoms with Gasteiger partial charge in [-0.2, -0.15) is 0 Å². The van der Waals surface area contributed by atoms with Crippen molar-refractivity contribution in [2.75, 3.05) is 36.9 Å². The average molecular weight is 1040 g/mol. The molecule has 2 unspecified atom stereocenters. The van der Waals surface area contributed by atoms with E-state index in [0.29, 0.717) is 72.8 Å². The van der Waals surface area contributed by atoms with Crippen molar-refractivity contribution < 1.29 is 57.8 Å². The van der Waals surface area contributed by atoms with Crippen LogP contribution in [0.2, 0.25) is 0 Å². The molecule has 0 radical (unpaired) electrons. The summed E-state index contributed by atoms with van der Waals surface area (Å²) in [7, 11) is 0. The van der Waals surface area contributed by atoms with Crippen molar-refractivity contribution in [3.8, 4) is 22.3 Å². The van der Waals surface area contributed by atoms with Gasteiger partial charge in [0.15, 0.2) is 11.6 Å². The number of imide groups is 1. The molecule has 4 aromatic rings. The number of carbonyl (C=O) groups is 9. The number of aliphatic hydroxyl groups excluding tert-OH is 1. The maximum absolute atomic E-state index is 13.2. The molecule has 7 rings (SSSR count). The lowest BCUT2D eigenvalue weighted by Gasteiger charge is -2.17. The van der Waals surface area contributed by atoms with Crippen LogP contribution in [0.1, 0.15) is 185 Å². The molecule has 17 nitrogen and oxygen atoms in total. The Kier molecular flexibility index (Phi) is 21.6. The number of aliphatic hydroxyl groups is 1. The van der Waals surface area contributed by atoms with Gasteiger partial charge in [-0.1, -0.05) is 94.1 Å². The second-order valence-corrected chi connectivity index (χ2v) is 19.2. The first kappa shape index (κ1) is 57.7. The first-order valence-corrected chi connectivity index (χ1v) is 26.8. The van der Waals surface area contributed by atoms with Crippen LogP contribution in [0.4, 0.5) is 16.2 Å². The zero-order valence-electron chi connectivity index (χ0n) is 44.1. The number of ketones is 2. The van der Waals surface area contributed by atoms with Gasteiger partial charge < -0.3 is 31.1 Å². The van der Waals surface area contributed by atoms with Crippen LogP contribution >= 0.6 is 0 Å². The van der Waals surface area contributed by atoms with Crippen LogP contribution in [-0.4, -0.2) is 89.6 Å². The van der Waals surface area contributed by atoms with Gasteiger partial charge in [0, 0.05) is 98.8 Å². The topological polar surface area (TPSA) is 244 Å². The van der Waals surface area contributed by atoms with Gasteiger partial charge in [0.25, 0.3) is 11.8 Å². The van der Waals surface area contributed by atoms with Gasteiger partial charge in [-0.3, -0.25) is 43.2 Å². The van der Waals surface area contributed by atoms with E-state index < -0.39 is 23.9 Å². The quantitative estimate of drug-likeness (QED) is 0.0224. The molecule has 1 fully saturated rings. The number of fused-ring (bicyclic) bond motifs is 6. The van der Waals surface area contributed by atoms with E-state index in [1.807, 2.05) is 69.3 Å². The number of amides is 6. The second kappa shape index (κ2) is 28.4. The molecule has 1 heterocycles. The van der Waals surface area contributed by atoms with Gasteiger partial charge in [0.05, 0.1) is 6.61 Å². The molecule has 76 heavy (non-hydrogen) atoms. The predicted octanol–water partition coefficient (Wildman–Crippen LogP) is 9.82. The molecule has 2 aliphatic carbocycles. The number of nitrogens with one attached hydrogen (secondary N) is 4. The molecule has 17 heteroatoms. The first-order chi connectivity index (χ1) is 36.7. The van der Waals surface area contributed by atoms with Gasteiger partial charge in [-0.25, -0.2) is 4.79 Å². The third-order valence-electron chi connectivity index (χ3n) is 13.5. The number of hydrogen-bond donors (Lipinski definition) is 5. The number of hydrogen-bond acceptors (Lipinski definition) is 12. The van der Waals surface area contributed by atoms with Gasteiger partial charge in [-0.05, 0) is 107 Å². The molecule has 404 valence electrons. The van der Waals surface area contributed by atoms with Crippen LogP contribution in [0.5, 0.6) is 0 Å². The smallest absolute Gasteiger partial charge is 0.432 e. The minimum absolute atomic E-state index is 0.0111. The Morgan fingerprint density at radius 1 is 0.539 bits per heavy atom. The lowest BCUT2D eigenvalue weighted by Crippen LogP contribution is -2.32. The zero-order chi connectivity index (χ0) is 54.7. The fourth-order valence-electron chi connectivity index (χ4n) is 9.64. The third kappa shape index (κ3) is 14.9. The summed E-state index contributed by atoms with van der Waals surface area (Å²) < 4.78 is 5.37. The summed E-state index contributed by atoms with van der Waals surface area (Å²) >= 11 is 0. The third-order valence-corrected chi connectivity index (χ3v) is 13.5. The fraction of sp³-hybridized carbons (Fsp3) is 0.441. The molecule has 0 spiro atoms. The van der Waals surface area contributed by atoms with Gasteiger partial charge >= 0.3 is 6.16 Å². The van der Waals surface area contributed by atoms with Crippen molar-refractivity contribution in [1.82, 2.24) is 15.7 Å². The van der Waals surface area contributed by atoms with Crippen molar-refractivity contribution in [1.29, 1.82) is 0 Å². The Bertz CT molecular complexity index is 2790. The van der Waals surface area contributed by atoms with Crippen molar-refractivity contribution in [2.45, 2.75) is 142 Å². The SMILES string of the molecule is CCCCC(=O)c1cccc2c1-c1ccc(NC(=O)CCCC(=O)NCCC)cc1C2CO.CCCCC(=O)c1cccc2c1-c1ccc(NC(=O)CCCC(=O)NCCC)cc1C2COC(=O)ON1C(=O)CCC1=O. The van der Waals surface area contributed by atoms with Crippen LogP contribution < -0.4 is 21.3 Å². The first-order valence-electron chi connectivity index (χ1n) is 26.8. The van der Waals surface area contributed by atoms with Gasteiger partial charge in [0.2, 0.25) is 23.6 Å². The number of benzene rings is 4. The standard InChI is InChI=1S/C32H37N3O8.C27H34N2O4/c1-3-5-10-26(36)23-9-6-8-21-25(19-42-32(41)43-35-29(39)15-16-30(35)40)24-18-20(13-14-22(24)31(21)23)34-28(38)12-7-11-27(37)33-17-4-2;1-3-5-10-24(31)21-9-6-8-19-23(17-30)22-16-18(13-14-20(22)27(19)21)29-26(33)12-7-11-25(32)28-15-4-2/h6,8-9,13-14,18,25H,3-5,7,10-12,15-17,19H2,1-2H3,(H,33,37)(H,34,38);6,8-9,13-14,16,23,30H,3-5,7,10-12,15,17H2,1-2H3,(H,28,32)(H,29,33). The highest BCUT2D eigenvalue weighted by atomic mass is 16.8. The molecule has 0 bridgehead atoms. The largest absolute Gasteiger partial charge is 0.533 e. The van der Waals surface area contributed by atoms with Gasteiger partial charge in [-0.15, -0.1) is 0 Å². The van der Waals surface area contributed by atoms with E-state index in [0.717, 1.165) is 83.0 Å². The summed E-state index contributed by atoms with van der Waals surface area (Å²) in [6.45, 7) is 9.04. The highest BCUT2D eigenvalue weighted by Gasteiger charge is 2.37. The number of unbranched alkanes of at least 4 members (excludes halogenated alkanes) is 2. The highest BCUT2D eigenvalue weighted by Crippen LogP contribution is 2.49. The van der Waals surface area contributed by atoms with E-state index in [9.17, 15) is 48.3 Å². The Morgan fingerprint density at radius 2 is 0.987 bits per heavy atom. The number of Topliss-reactive ketones (excluding diaryl/α,β-unsaturated/α-hetero) is 2. The number of rotatable bonds is 26. The van der Waals surface area contributed by atoms with E-state index in [1.54, 1.807) is 24.3 Å². The second-order valence-electron chi connectivity index (χ2n) is 19.2. The minimum atomic E-state index is -1.19. The minimum Gasteiger partial charge on any atom is -0.432 e. The van der Waals surface area contributed by atoms with Crippen molar-refractivity contribution in [2.24, 2.45) is 0 Å². The molecule has 6 amide bonds. The number of carbonyl (C=O) groups excluding carboxylic acids is 9. The molecule has 0 saturated carbocycles. The maximum Gasteiger partial charge on any atom is 0.533 e. The summed E-state index contributed by atoms with van der Waals surface area (Å²) in [5, 5.41) is 21.9. The van der Waals surface area contributed by atoms with Crippen molar-refractivity contribution in [3.63, 3.8) is 0 Å². The van der Waals surface area contributed by atoms with E-state index in [-0.39, 0.29) is 86.4 Å². The molecule has 1 aliphatic heterocycles.